The average molecular weight is 263 g/mol. The Balaban J connectivity index is 1.75. The maximum absolute atomic E-state index is 4.25. The molecule has 19 heavy (non-hydrogen) atoms. The quantitative estimate of drug-likeness (QED) is 0.733. The SMILES string of the molecule is CC(C)Nc1cc(NCCC2CCNCC2)ncn1. The van der Waals surface area contributed by atoms with Gasteiger partial charge in [0.2, 0.25) is 0 Å². The summed E-state index contributed by atoms with van der Waals surface area (Å²) in [7, 11) is 0. The van der Waals surface area contributed by atoms with E-state index >= 15 is 0 Å². The Morgan fingerprint density at radius 3 is 2.74 bits per heavy atom. The summed E-state index contributed by atoms with van der Waals surface area (Å²) in [6.07, 6.45) is 5.42. The van der Waals surface area contributed by atoms with E-state index < -0.39 is 0 Å². The zero-order valence-electron chi connectivity index (χ0n) is 11.9. The minimum atomic E-state index is 0.387. The van der Waals surface area contributed by atoms with E-state index in [1.807, 2.05) is 6.07 Å². The first-order valence-corrected chi connectivity index (χ1v) is 7.27. The summed E-state index contributed by atoms with van der Waals surface area (Å²) in [5.74, 6) is 2.64. The van der Waals surface area contributed by atoms with Crippen molar-refractivity contribution in [3.63, 3.8) is 0 Å². The van der Waals surface area contributed by atoms with Gasteiger partial charge in [0.1, 0.15) is 18.0 Å². The molecule has 1 aliphatic rings. The van der Waals surface area contributed by atoms with E-state index in [1.165, 1.54) is 32.4 Å². The average Bonchev–Trinajstić information content (AvgIpc) is 2.40. The third kappa shape index (κ3) is 5.03. The predicted octanol–water partition coefficient (Wildman–Crippen LogP) is 2.10. The zero-order chi connectivity index (χ0) is 13.5. The lowest BCUT2D eigenvalue weighted by Crippen LogP contribution is -2.28. The maximum Gasteiger partial charge on any atom is 0.131 e. The minimum Gasteiger partial charge on any atom is -0.370 e. The third-order valence-corrected chi connectivity index (χ3v) is 3.42. The van der Waals surface area contributed by atoms with Crippen LogP contribution in [0, 0.1) is 5.92 Å². The predicted molar refractivity (Wildman–Crippen MR) is 79.5 cm³/mol. The highest BCUT2D eigenvalue weighted by molar-refractivity contribution is 5.46. The number of piperidine rings is 1. The van der Waals surface area contributed by atoms with E-state index in [0.717, 1.165) is 24.1 Å². The molecule has 0 aromatic carbocycles. The summed E-state index contributed by atoms with van der Waals surface area (Å²) in [5.41, 5.74) is 0. The Morgan fingerprint density at radius 2 is 2.00 bits per heavy atom. The number of nitrogens with one attached hydrogen (secondary N) is 3. The van der Waals surface area contributed by atoms with Gasteiger partial charge in [-0.2, -0.15) is 0 Å². The van der Waals surface area contributed by atoms with Gasteiger partial charge in [0.25, 0.3) is 0 Å². The molecule has 106 valence electrons. The van der Waals surface area contributed by atoms with E-state index in [0.29, 0.717) is 6.04 Å². The van der Waals surface area contributed by atoms with Crippen LogP contribution in [0.15, 0.2) is 12.4 Å². The highest BCUT2D eigenvalue weighted by Gasteiger charge is 2.12. The van der Waals surface area contributed by atoms with Gasteiger partial charge in [0, 0.05) is 18.7 Å². The molecule has 0 atom stereocenters. The summed E-state index contributed by atoms with van der Waals surface area (Å²) in [6.45, 7) is 7.53. The molecule has 5 nitrogen and oxygen atoms in total. The Labute approximate surface area is 115 Å². The van der Waals surface area contributed by atoms with E-state index in [2.05, 4.69) is 39.8 Å². The molecule has 1 aliphatic heterocycles. The summed E-state index contributed by atoms with van der Waals surface area (Å²) in [5, 5.41) is 10.1. The molecule has 0 spiro atoms. The fraction of sp³-hybridized carbons (Fsp3) is 0.714. The highest BCUT2D eigenvalue weighted by Crippen LogP contribution is 2.16. The van der Waals surface area contributed by atoms with Crippen LogP contribution in [0.25, 0.3) is 0 Å². The molecule has 0 unspecified atom stereocenters. The van der Waals surface area contributed by atoms with Crippen LogP contribution < -0.4 is 16.0 Å². The van der Waals surface area contributed by atoms with Crippen molar-refractivity contribution in [1.82, 2.24) is 15.3 Å². The third-order valence-electron chi connectivity index (χ3n) is 3.42. The number of anilines is 2. The largest absolute Gasteiger partial charge is 0.370 e. The fourth-order valence-corrected chi connectivity index (χ4v) is 2.40. The van der Waals surface area contributed by atoms with Gasteiger partial charge in [-0.15, -0.1) is 0 Å². The highest BCUT2D eigenvalue weighted by atomic mass is 15.1. The first-order valence-electron chi connectivity index (χ1n) is 7.27. The molecule has 0 saturated carbocycles. The summed E-state index contributed by atoms with van der Waals surface area (Å²) in [4.78, 5) is 8.46. The van der Waals surface area contributed by atoms with Crippen LogP contribution in [0.2, 0.25) is 0 Å². The summed E-state index contributed by atoms with van der Waals surface area (Å²) >= 11 is 0. The van der Waals surface area contributed by atoms with E-state index in [1.54, 1.807) is 6.33 Å². The Morgan fingerprint density at radius 1 is 1.26 bits per heavy atom. The van der Waals surface area contributed by atoms with Crippen molar-refractivity contribution in [3.8, 4) is 0 Å². The molecule has 1 fully saturated rings. The Kier molecular flexibility index (Phi) is 5.39. The van der Waals surface area contributed by atoms with Gasteiger partial charge in [0.05, 0.1) is 0 Å². The van der Waals surface area contributed by atoms with Crippen LogP contribution in [0.1, 0.15) is 33.1 Å². The van der Waals surface area contributed by atoms with Gasteiger partial charge in [-0.25, -0.2) is 9.97 Å². The number of nitrogens with zero attached hydrogens (tertiary/aromatic N) is 2. The molecule has 2 rings (SSSR count). The van der Waals surface area contributed by atoms with Gasteiger partial charge in [-0.1, -0.05) is 0 Å². The maximum atomic E-state index is 4.25. The Bertz CT molecular complexity index is 374. The van der Waals surface area contributed by atoms with Crippen LogP contribution >= 0.6 is 0 Å². The normalized spacial score (nSPS) is 16.6. The van der Waals surface area contributed by atoms with Crippen LogP contribution in [0.5, 0.6) is 0 Å². The molecule has 0 aliphatic carbocycles. The lowest BCUT2D eigenvalue weighted by atomic mass is 9.95. The monoisotopic (exact) mass is 263 g/mol. The fourth-order valence-electron chi connectivity index (χ4n) is 2.40. The summed E-state index contributed by atoms with van der Waals surface area (Å²) in [6, 6.07) is 2.36. The molecule has 3 N–H and O–H groups in total. The molecule has 1 saturated heterocycles. The van der Waals surface area contributed by atoms with Crippen molar-refractivity contribution in [2.45, 2.75) is 39.2 Å². The molecule has 1 aromatic heterocycles. The van der Waals surface area contributed by atoms with Crippen molar-refractivity contribution in [2.24, 2.45) is 5.92 Å². The van der Waals surface area contributed by atoms with Crippen LogP contribution in [-0.4, -0.2) is 35.6 Å². The van der Waals surface area contributed by atoms with Crippen molar-refractivity contribution in [3.05, 3.63) is 12.4 Å². The van der Waals surface area contributed by atoms with Gasteiger partial charge in [-0.3, -0.25) is 0 Å². The van der Waals surface area contributed by atoms with Crippen molar-refractivity contribution in [2.75, 3.05) is 30.3 Å². The molecular weight excluding hydrogens is 238 g/mol. The number of hydrogen-bond acceptors (Lipinski definition) is 5. The van der Waals surface area contributed by atoms with Crippen molar-refractivity contribution >= 4 is 11.6 Å². The van der Waals surface area contributed by atoms with Crippen LogP contribution in [0.3, 0.4) is 0 Å². The van der Waals surface area contributed by atoms with Gasteiger partial charge >= 0.3 is 0 Å². The molecule has 0 amide bonds. The van der Waals surface area contributed by atoms with Crippen LogP contribution in [0.4, 0.5) is 11.6 Å². The molecule has 1 aromatic rings. The first kappa shape index (κ1) is 14.1. The Hall–Kier alpha value is -1.36. The second-order valence-electron chi connectivity index (χ2n) is 5.50. The number of hydrogen-bond donors (Lipinski definition) is 3. The van der Waals surface area contributed by atoms with Gasteiger partial charge in [-0.05, 0) is 52.1 Å². The van der Waals surface area contributed by atoms with Gasteiger partial charge < -0.3 is 16.0 Å². The smallest absolute Gasteiger partial charge is 0.131 e. The van der Waals surface area contributed by atoms with Crippen molar-refractivity contribution in [1.29, 1.82) is 0 Å². The van der Waals surface area contributed by atoms with Crippen LogP contribution in [-0.2, 0) is 0 Å². The summed E-state index contributed by atoms with van der Waals surface area (Å²) < 4.78 is 0. The standard InChI is InChI=1S/C14H25N5/c1-11(2)19-14-9-13(17-10-18-14)16-8-5-12-3-6-15-7-4-12/h9-12,15H,3-8H2,1-2H3,(H2,16,17,18,19). The molecule has 0 radical (unpaired) electrons. The van der Waals surface area contributed by atoms with E-state index in [9.17, 15) is 0 Å². The zero-order valence-corrected chi connectivity index (χ0v) is 11.9. The second-order valence-corrected chi connectivity index (χ2v) is 5.50. The molecule has 2 heterocycles. The lowest BCUT2D eigenvalue weighted by Gasteiger charge is -2.22. The molecule has 0 bridgehead atoms. The number of aromatic nitrogens is 2. The van der Waals surface area contributed by atoms with E-state index in [4.69, 9.17) is 0 Å². The molecular formula is C14H25N5. The molecule has 5 heteroatoms. The lowest BCUT2D eigenvalue weighted by molar-refractivity contribution is 0.361. The van der Waals surface area contributed by atoms with E-state index in [-0.39, 0.29) is 0 Å². The first-order chi connectivity index (χ1) is 9.24. The topological polar surface area (TPSA) is 61.9 Å². The van der Waals surface area contributed by atoms with Crippen molar-refractivity contribution < 1.29 is 0 Å². The minimum absolute atomic E-state index is 0.387. The second kappa shape index (κ2) is 7.28. The van der Waals surface area contributed by atoms with Gasteiger partial charge in [0.15, 0.2) is 0 Å². The number of rotatable bonds is 6.